The molecule has 0 bridgehead atoms. The predicted molar refractivity (Wildman–Crippen MR) is 62.6 cm³/mol. The van der Waals surface area contributed by atoms with Crippen molar-refractivity contribution < 1.29 is 0 Å². The SMILES string of the molecule is CCCn1nnnc1Cn1cccc(C)c1=O. The van der Waals surface area contributed by atoms with Crippen molar-refractivity contribution in [1.82, 2.24) is 24.8 Å². The maximum atomic E-state index is 11.8. The summed E-state index contributed by atoms with van der Waals surface area (Å²) in [5, 5.41) is 11.5. The number of aromatic nitrogens is 5. The highest BCUT2D eigenvalue weighted by atomic mass is 16.1. The second kappa shape index (κ2) is 4.90. The molecule has 0 radical (unpaired) electrons. The molecule has 0 saturated heterocycles. The second-order valence-electron chi connectivity index (χ2n) is 3.94. The van der Waals surface area contributed by atoms with E-state index < -0.39 is 0 Å². The van der Waals surface area contributed by atoms with E-state index in [0.717, 1.165) is 18.5 Å². The van der Waals surface area contributed by atoms with E-state index in [1.54, 1.807) is 28.4 Å². The van der Waals surface area contributed by atoms with Gasteiger partial charge < -0.3 is 4.57 Å². The van der Waals surface area contributed by atoms with Gasteiger partial charge in [0.25, 0.3) is 5.56 Å². The number of tetrazole rings is 1. The van der Waals surface area contributed by atoms with E-state index in [4.69, 9.17) is 0 Å². The van der Waals surface area contributed by atoms with E-state index in [2.05, 4.69) is 22.4 Å². The van der Waals surface area contributed by atoms with Crippen LogP contribution in [0.2, 0.25) is 0 Å². The first kappa shape index (κ1) is 11.5. The van der Waals surface area contributed by atoms with Gasteiger partial charge >= 0.3 is 0 Å². The maximum absolute atomic E-state index is 11.8. The first-order valence-corrected chi connectivity index (χ1v) is 5.63. The lowest BCUT2D eigenvalue weighted by Crippen LogP contribution is -2.23. The van der Waals surface area contributed by atoms with Gasteiger partial charge in [-0.05, 0) is 29.8 Å². The van der Waals surface area contributed by atoms with E-state index in [1.807, 2.05) is 6.07 Å². The Balaban J connectivity index is 2.28. The molecule has 0 amide bonds. The second-order valence-corrected chi connectivity index (χ2v) is 3.94. The molecule has 6 heteroatoms. The van der Waals surface area contributed by atoms with Crippen LogP contribution in [0.4, 0.5) is 0 Å². The summed E-state index contributed by atoms with van der Waals surface area (Å²) in [7, 11) is 0. The lowest BCUT2D eigenvalue weighted by Gasteiger charge is -2.06. The molecule has 2 rings (SSSR count). The maximum Gasteiger partial charge on any atom is 0.253 e. The summed E-state index contributed by atoms with van der Waals surface area (Å²) < 4.78 is 3.35. The van der Waals surface area contributed by atoms with Crippen molar-refractivity contribution >= 4 is 0 Å². The largest absolute Gasteiger partial charge is 0.308 e. The number of aryl methyl sites for hydroxylation is 2. The Morgan fingerprint density at radius 1 is 1.41 bits per heavy atom. The van der Waals surface area contributed by atoms with Crippen LogP contribution in [0.1, 0.15) is 24.7 Å². The molecule has 0 aromatic carbocycles. The van der Waals surface area contributed by atoms with Gasteiger partial charge in [0.05, 0.1) is 6.54 Å². The molecule has 0 aliphatic heterocycles. The van der Waals surface area contributed by atoms with Gasteiger partial charge in [-0.1, -0.05) is 13.0 Å². The quantitative estimate of drug-likeness (QED) is 0.775. The Bertz CT molecular complexity index is 557. The molecule has 0 saturated carbocycles. The summed E-state index contributed by atoms with van der Waals surface area (Å²) in [6.45, 7) is 5.04. The highest BCUT2D eigenvalue weighted by molar-refractivity contribution is 5.08. The normalized spacial score (nSPS) is 10.7. The van der Waals surface area contributed by atoms with Crippen molar-refractivity contribution in [3.05, 3.63) is 40.1 Å². The van der Waals surface area contributed by atoms with Gasteiger partial charge in [0, 0.05) is 18.3 Å². The average Bonchev–Trinajstić information content (AvgIpc) is 2.73. The molecule has 0 atom stereocenters. The molecular formula is C11H15N5O. The molecule has 2 heterocycles. The lowest BCUT2D eigenvalue weighted by molar-refractivity contribution is 0.540. The van der Waals surface area contributed by atoms with Crippen LogP contribution in [0, 0.1) is 6.92 Å². The summed E-state index contributed by atoms with van der Waals surface area (Å²) >= 11 is 0. The minimum absolute atomic E-state index is 0.00134. The fraction of sp³-hybridized carbons (Fsp3) is 0.455. The van der Waals surface area contributed by atoms with Crippen LogP contribution < -0.4 is 5.56 Å². The van der Waals surface area contributed by atoms with Crippen LogP contribution in [-0.4, -0.2) is 24.8 Å². The molecular weight excluding hydrogens is 218 g/mol. The molecule has 0 fully saturated rings. The summed E-state index contributed by atoms with van der Waals surface area (Å²) in [5.41, 5.74) is 0.723. The zero-order valence-corrected chi connectivity index (χ0v) is 10.00. The van der Waals surface area contributed by atoms with E-state index in [1.165, 1.54) is 0 Å². The number of pyridine rings is 1. The van der Waals surface area contributed by atoms with Crippen LogP contribution in [0.25, 0.3) is 0 Å². The van der Waals surface area contributed by atoms with Crippen molar-refractivity contribution in [1.29, 1.82) is 0 Å². The molecule has 90 valence electrons. The van der Waals surface area contributed by atoms with Crippen molar-refractivity contribution in [2.45, 2.75) is 33.4 Å². The van der Waals surface area contributed by atoms with Gasteiger partial charge in [-0.15, -0.1) is 5.10 Å². The molecule has 0 spiro atoms. The van der Waals surface area contributed by atoms with Crippen LogP contribution in [-0.2, 0) is 13.1 Å². The molecule has 2 aromatic rings. The van der Waals surface area contributed by atoms with Gasteiger partial charge in [-0.3, -0.25) is 4.79 Å². The summed E-state index contributed by atoms with van der Waals surface area (Å²) in [6, 6.07) is 3.65. The Kier molecular flexibility index (Phi) is 3.32. The molecule has 0 unspecified atom stereocenters. The fourth-order valence-corrected chi connectivity index (χ4v) is 1.66. The van der Waals surface area contributed by atoms with Gasteiger partial charge in [0.1, 0.15) is 0 Å². The Labute approximate surface area is 98.9 Å². The zero-order chi connectivity index (χ0) is 12.3. The van der Waals surface area contributed by atoms with Crippen LogP contribution in [0.5, 0.6) is 0 Å². The van der Waals surface area contributed by atoms with Crippen LogP contribution in [0.15, 0.2) is 23.1 Å². The highest BCUT2D eigenvalue weighted by Crippen LogP contribution is 1.98. The summed E-state index contributed by atoms with van der Waals surface area (Å²) in [5.74, 6) is 0.708. The van der Waals surface area contributed by atoms with E-state index >= 15 is 0 Å². The van der Waals surface area contributed by atoms with Crippen molar-refractivity contribution in [3.63, 3.8) is 0 Å². The molecule has 0 aliphatic carbocycles. The zero-order valence-electron chi connectivity index (χ0n) is 10.00. The van der Waals surface area contributed by atoms with Crippen molar-refractivity contribution in [2.24, 2.45) is 0 Å². The first-order valence-electron chi connectivity index (χ1n) is 5.63. The van der Waals surface area contributed by atoms with E-state index in [9.17, 15) is 4.79 Å². The molecule has 0 N–H and O–H groups in total. The van der Waals surface area contributed by atoms with Gasteiger partial charge in [0.15, 0.2) is 5.82 Å². The molecule has 6 nitrogen and oxygen atoms in total. The average molecular weight is 233 g/mol. The third kappa shape index (κ3) is 2.41. The summed E-state index contributed by atoms with van der Waals surface area (Å²) in [6.07, 6.45) is 2.71. The number of hydrogen-bond donors (Lipinski definition) is 0. The monoisotopic (exact) mass is 233 g/mol. The topological polar surface area (TPSA) is 65.6 Å². The minimum Gasteiger partial charge on any atom is -0.308 e. The van der Waals surface area contributed by atoms with Crippen LogP contribution in [0.3, 0.4) is 0 Å². The minimum atomic E-state index is -0.00134. The van der Waals surface area contributed by atoms with Crippen molar-refractivity contribution in [2.75, 3.05) is 0 Å². The highest BCUT2D eigenvalue weighted by Gasteiger charge is 2.07. The Hall–Kier alpha value is -1.98. The van der Waals surface area contributed by atoms with Gasteiger partial charge in [-0.2, -0.15) is 0 Å². The van der Waals surface area contributed by atoms with Crippen molar-refractivity contribution in [3.8, 4) is 0 Å². The smallest absolute Gasteiger partial charge is 0.253 e. The van der Waals surface area contributed by atoms with Gasteiger partial charge in [-0.25, -0.2) is 4.68 Å². The molecule has 2 aromatic heterocycles. The third-order valence-corrected chi connectivity index (χ3v) is 2.56. The fourth-order valence-electron chi connectivity index (χ4n) is 1.66. The Morgan fingerprint density at radius 2 is 2.24 bits per heavy atom. The number of nitrogens with zero attached hydrogens (tertiary/aromatic N) is 5. The summed E-state index contributed by atoms with van der Waals surface area (Å²) in [4.78, 5) is 11.8. The number of hydrogen-bond acceptors (Lipinski definition) is 4. The standard InChI is InChI=1S/C11H15N5O/c1-3-6-16-10(12-13-14-16)8-15-7-4-5-9(2)11(15)17/h4-5,7H,3,6,8H2,1-2H3. The van der Waals surface area contributed by atoms with Gasteiger partial charge in [0.2, 0.25) is 0 Å². The first-order chi connectivity index (χ1) is 8.22. The predicted octanol–water partition coefficient (Wildman–Crippen LogP) is 0.602. The van der Waals surface area contributed by atoms with E-state index in [-0.39, 0.29) is 5.56 Å². The number of rotatable bonds is 4. The Morgan fingerprint density at radius 3 is 3.00 bits per heavy atom. The van der Waals surface area contributed by atoms with Crippen LogP contribution >= 0.6 is 0 Å². The molecule has 17 heavy (non-hydrogen) atoms. The third-order valence-electron chi connectivity index (χ3n) is 2.56. The van der Waals surface area contributed by atoms with E-state index in [0.29, 0.717) is 12.4 Å². The molecule has 0 aliphatic rings. The lowest BCUT2D eigenvalue weighted by atomic mass is 10.3.